The van der Waals surface area contributed by atoms with Crippen LogP contribution in [-0.4, -0.2) is 30.9 Å². The summed E-state index contributed by atoms with van der Waals surface area (Å²) < 4.78 is 59.0. The smallest absolute Gasteiger partial charge is 0.305 e. The van der Waals surface area contributed by atoms with E-state index in [0.29, 0.717) is 30.6 Å². The van der Waals surface area contributed by atoms with Crippen molar-refractivity contribution in [2.45, 2.75) is 56.5 Å². The van der Waals surface area contributed by atoms with Crippen LogP contribution in [0.2, 0.25) is 0 Å². The predicted molar refractivity (Wildman–Crippen MR) is 98.5 cm³/mol. The van der Waals surface area contributed by atoms with Crippen LogP contribution in [0.15, 0.2) is 15.6 Å². The van der Waals surface area contributed by atoms with Gasteiger partial charge in [-0.3, -0.25) is 9.67 Å². The Balaban J connectivity index is 1.70. The van der Waals surface area contributed by atoms with E-state index in [-0.39, 0.29) is 16.9 Å². The number of nitrogens with one attached hydrogen (secondary N) is 1. The number of anilines is 1. The lowest BCUT2D eigenvalue weighted by Crippen LogP contribution is -2.20. The SMILES string of the molecule is CCn1cc(F)c([S@](N)(=O)=NC(=O)Nc2c3c(nc4c2CC(F)(F)C4)CCC3)n1. The van der Waals surface area contributed by atoms with Crippen molar-refractivity contribution in [1.29, 1.82) is 0 Å². The van der Waals surface area contributed by atoms with E-state index in [2.05, 4.69) is 19.8 Å². The molecule has 0 radical (unpaired) electrons. The summed E-state index contributed by atoms with van der Waals surface area (Å²) in [7, 11) is -3.96. The second-order valence-corrected chi connectivity index (χ2v) is 8.83. The highest BCUT2D eigenvalue weighted by atomic mass is 32.2. The van der Waals surface area contributed by atoms with Crippen molar-refractivity contribution < 1.29 is 22.2 Å². The van der Waals surface area contributed by atoms with E-state index in [1.165, 1.54) is 4.68 Å². The van der Waals surface area contributed by atoms with Gasteiger partial charge in [0.1, 0.15) is 0 Å². The Kier molecular flexibility index (Phi) is 4.65. The Morgan fingerprint density at radius 2 is 2.10 bits per heavy atom. The van der Waals surface area contributed by atoms with Gasteiger partial charge in [0.15, 0.2) is 15.7 Å². The number of fused-ring (bicyclic) bond motifs is 2. The molecule has 0 spiro atoms. The molecular weight excluding hydrogens is 409 g/mol. The number of carbonyl (C=O) groups is 1. The number of halogens is 3. The number of carbonyl (C=O) groups excluding carboxylic acids is 1. The van der Waals surface area contributed by atoms with Gasteiger partial charge >= 0.3 is 6.03 Å². The van der Waals surface area contributed by atoms with Crippen LogP contribution in [0.1, 0.15) is 35.9 Å². The van der Waals surface area contributed by atoms with Gasteiger partial charge in [0.25, 0.3) is 5.92 Å². The molecule has 2 heterocycles. The average Bonchev–Trinajstić information content (AvgIpc) is 3.29. The summed E-state index contributed by atoms with van der Waals surface area (Å²) in [5, 5.41) is 11.2. The molecule has 0 unspecified atom stereocenters. The van der Waals surface area contributed by atoms with E-state index < -0.39 is 45.6 Å². The molecule has 0 aliphatic heterocycles. The van der Waals surface area contributed by atoms with E-state index in [9.17, 15) is 22.2 Å². The number of nitrogens with two attached hydrogens (primary N) is 1. The summed E-state index contributed by atoms with van der Waals surface area (Å²) in [6.45, 7) is 2.00. The molecule has 2 aliphatic rings. The van der Waals surface area contributed by atoms with Crippen LogP contribution in [0.4, 0.5) is 23.7 Å². The Hall–Kier alpha value is -2.47. The second kappa shape index (κ2) is 6.80. The standard InChI is InChI=1S/C17H19F3N6O2S/c1-2-26-8-11(18)15(24-26)29(21,28)25-16(27)23-14-9-4-3-5-12(9)22-13-7-17(19,20)6-10(13)14/h8H,2-7H2,1H3,(H3,21,22,23,25,27,28)/t29-/m1/s1. The zero-order valence-electron chi connectivity index (χ0n) is 15.5. The molecule has 2 aliphatic carbocycles. The van der Waals surface area contributed by atoms with Crippen molar-refractivity contribution in [1.82, 2.24) is 14.8 Å². The highest BCUT2D eigenvalue weighted by Crippen LogP contribution is 2.41. The number of rotatable bonds is 3. The largest absolute Gasteiger partial charge is 0.354 e. The Morgan fingerprint density at radius 1 is 1.34 bits per heavy atom. The van der Waals surface area contributed by atoms with Gasteiger partial charge in [0.05, 0.1) is 24.0 Å². The first-order valence-electron chi connectivity index (χ1n) is 9.10. The fraction of sp³-hybridized carbons (Fsp3) is 0.471. The van der Waals surface area contributed by atoms with E-state index in [4.69, 9.17) is 5.14 Å². The van der Waals surface area contributed by atoms with Gasteiger partial charge in [-0.2, -0.15) is 5.10 Å². The van der Waals surface area contributed by atoms with Crippen molar-refractivity contribution in [2.24, 2.45) is 9.50 Å². The highest BCUT2D eigenvalue weighted by molar-refractivity contribution is 7.91. The molecule has 3 N–H and O–H groups in total. The maximum Gasteiger partial charge on any atom is 0.354 e. The lowest BCUT2D eigenvalue weighted by Gasteiger charge is -2.14. The number of alkyl halides is 2. The van der Waals surface area contributed by atoms with Crippen LogP contribution >= 0.6 is 0 Å². The maximum absolute atomic E-state index is 14.0. The first kappa shape index (κ1) is 19.8. The van der Waals surface area contributed by atoms with Gasteiger partial charge in [-0.05, 0) is 31.7 Å². The molecular formula is C17H19F3N6O2S. The number of aryl methyl sites for hydroxylation is 2. The number of hydrogen-bond donors (Lipinski definition) is 2. The van der Waals surface area contributed by atoms with Gasteiger partial charge in [-0.1, -0.05) is 0 Å². The van der Waals surface area contributed by atoms with E-state index in [1.54, 1.807) is 6.92 Å². The van der Waals surface area contributed by atoms with Gasteiger partial charge in [0, 0.05) is 24.2 Å². The molecule has 156 valence electrons. The first-order chi connectivity index (χ1) is 13.6. The molecule has 12 heteroatoms. The molecule has 8 nitrogen and oxygen atoms in total. The van der Waals surface area contributed by atoms with Crippen molar-refractivity contribution >= 4 is 21.6 Å². The molecule has 0 saturated heterocycles. The van der Waals surface area contributed by atoms with Crippen molar-refractivity contribution in [3.05, 3.63) is 34.5 Å². The predicted octanol–water partition coefficient (Wildman–Crippen LogP) is 2.59. The third-order valence-electron chi connectivity index (χ3n) is 5.01. The fourth-order valence-corrected chi connectivity index (χ4v) is 4.70. The van der Waals surface area contributed by atoms with Crippen LogP contribution in [-0.2, 0) is 42.1 Å². The van der Waals surface area contributed by atoms with Crippen molar-refractivity contribution in [2.75, 3.05) is 5.32 Å². The Labute approximate surface area is 165 Å². The summed E-state index contributed by atoms with van der Waals surface area (Å²) in [4.78, 5) is 16.8. The lowest BCUT2D eigenvalue weighted by molar-refractivity contribution is 0.0126. The Morgan fingerprint density at radius 3 is 2.79 bits per heavy atom. The topological polar surface area (TPSA) is 115 Å². The summed E-state index contributed by atoms with van der Waals surface area (Å²) >= 11 is 0. The van der Waals surface area contributed by atoms with Gasteiger partial charge < -0.3 is 5.32 Å². The van der Waals surface area contributed by atoms with Crippen molar-refractivity contribution in [3.63, 3.8) is 0 Å². The number of nitrogens with zero attached hydrogens (tertiary/aromatic N) is 4. The summed E-state index contributed by atoms with van der Waals surface area (Å²) in [5.74, 6) is -3.89. The number of hydrogen-bond acceptors (Lipinski definition) is 4. The summed E-state index contributed by atoms with van der Waals surface area (Å²) in [5.41, 5.74) is 2.06. The number of amides is 2. The third kappa shape index (κ3) is 3.62. The molecule has 29 heavy (non-hydrogen) atoms. The van der Waals surface area contributed by atoms with Crippen LogP contribution < -0.4 is 10.5 Å². The quantitative estimate of drug-likeness (QED) is 0.782. The van der Waals surface area contributed by atoms with Gasteiger partial charge in [0.2, 0.25) is 5.03 Å². The number of pyridine rings is 1. The van der Waals surface area contributed by atoms with E-state index in [1.807, 2.05) is 0 Å². The molecule has 2 aromatic heterocycles. The normalized spacial score (nSPS) is 18.8. The highest BCUT2D eigenvalue weighted by Gasteiger charge is 2.41. The van der Waals surface area contributed by atoms with Crippen molar-refractivity contribution in [3.8, 4) is 0 Å². The summed E-state index contributed by atoms with van der Waals surface area (Å²) in [6.07, 6.45) is 1.94. The van der Waals surface area contributed by atoms with Crippen LogP contribution in [0.3, 0.4) is 0 Å². The lowest BCUT2D eigenvalue weighted by atomic mass is 10.1. The van der Waals surface area contributed by atoms with Crippen LogP contribution in [0.5, 0.6) is 0 Å². The zero-order chi connectivity index (χ0) is 21.0. The zero-order valence-corrected chi connectivity index (χ0v) is 16.4. The van der Waals surface area contributed by atoms with E-state index >= 15 is 0 Å². The minimum atomic E-state index is -3.96. The first-order valence-corrected chi connectivity index (χ1v) is 10.7. The Bertz CT molecular complexity index is 1140. The molecule has 0 saturated carbocycles. The summed E-state index contributed by atoms with van der Waals surface area (Å²) in [6, 6.07) is -1.11. The van der Waals surface area contributed by atoms with Gasteiger partial charge in [-0.25, -0.2) is 27.3 Å². The van der Waals surface area contributed by atoms with Gasteiger partial charge in [-0.15, -0.1) is 4.36 Å². The number of urea groups is 1. The molecule has 4 rings (SSSR count). The number of aromatic nitrogens is 3. The minimum Gasteiger partial charge on any atom is -0.305 e. The molecule has 0 bridgehead atoms. The molecule has 1 atom stereocenters. The fourth-order valence-electron chi connectivity index (χ4n) is 3.77. The van der Waals surface area contributed by atoms with Crippen LogP contribution in [0, 0.1) is 5.82 Å². The second-order valence-electron chi connectivity index (χ2n) is 7.13. The van der Waals surface area contributed by atoms with E-state index in [0.717, 1.165) is 12.6 Å². The average molecular weight is 428 g/mol. The molecule has 2 amide bonds. The van der Waals surface area contributed by atoms with Crippen LogP contribution in [0.25, 0.3) is 0 Å². The minimum absolute atomic E-state index is 0.225. The third-order valence-corrected chi connectivity index (χ3v) is 6.28. The molecule has 0 aromatic carbocycles. The monoisotopic (exact) mass is 428 g/mol. The maximum atomic E-state index is 14.0. The molecule has 0 fully saturated rings. The molecule has 2 aromatic rings.